The fourth-order valence-electron chi connectivity index (χ4n) is 3.90. The van der Waals surface area contributed by atoms with Crippen molar-refractivity contribution in [2.45, 2.75) is 0 Å². The second kappa shape index (κ2) is 8.51. The van der Waals surface area contributed by atoms with Crippen LogP contribution in [0.3, 0.4) is 0 Å². The fourth-order valence-corrected chi connectivity index (χ4v) is 4.77. The summed E-state index contributed by atoms with van der Waals surface area (Å²) in [5.41, 5.74) is 3.08. The van der Waals surface area contributed by atoms with Gasteiger partial charge in [0.2, 0.25) is 5.88 Å². The molecule has 1 amide bonds. The number of aromatic hydroxyl groups is 2. The number of anilines is 1. The first-order valence-electron chi connectivity index (χ1n) is 10.4. The third-order valence-corrected chi connectivity index (χ3v) is 6.65. The Morgan fingerprint density at radius 1 is 1.09 bits per heavy atom. The maximum absolute atomic E-state index is 13.3. The summed E-state index contributed by atoms with van der Waals surface area (Å²) in [5.74, 6) is 0.203. The molecule has 0 spiro atoms. The topological polar surface area (TPSA) is 103 Å². The number of carbonyl (C=O) groups excluding carboxylic acids is 1. The number of hydrogen-bond donors (Lipinski definition) is 2. The number of rotatable bonds is 4. The van der Waals surface area contributed by atoms with Gasteiger partial charge in [0.15, 0.2) is 5.82 Å². The molecule has 0 unspecified atom stereocenters. The molecule has 0 radical (unpaired) electrons. The average Bonchev–Trinajstić information content (AvgIpc) is 3.29. The number of amides is 1. The molecule has 0 aliphatic carbocycles. The fraction of sp³-hybridized carbons (Fsp3) is 0.167. The standard InChI is InChI=1S/C24H21N5O3S/c1-2-15-13-16(6-7-19(15)30)28-9-11-29(12-10-28)24(32)17-14-33-21-20(17)26-22(27-23(21)31)18-5-3-4-8-25-18/h2-8,13-14,30H,1,9-12H2,(H,26,27,31). The van der Waals surface area contributed by atoms with Gasteiger partial charge in [-0.1, -0.05) is 18.7 Å². The Kier molecular flexibility index (Phi) is 5.39. The summed E-state index contributed by atoms with van der Waals surface area (Å²) in [6.45, 7) is 6.15. The molecule has 1 saturated heterocycles. The Labute approximate surface area is 194 Å². The molecule has 1 aliphatic rings. The van der Waals surface area contributed by atoms with Gasteiger partial charge in [-0.05, 0) is 30.3 Å². The average molecular weight is 460 g/mol. The van der Waals surface area contributed by atoms with Crippen LogP contribution >= 0.6 is 11.3 Å². The minimum atomic E-state index is -0.153. The van der Waals surface area contributed by atoms with Crippen molar-refractivity contribution in [2.24, 2.45) is 0 Å². The summed E-state index contributed by atoms with van der Waals surface area (Å²) < 4.78 is 0.484. The molecule has 8 nitrogen and oxygen atoms in total. The number of fused-ring (bicyclic) bond motifs is 1. The summed E-state index contributed by atoms with van der Waals surface area (Å²) in [5, 5.41) is 22.0. The van der Waals surface area contributed by atoms with E-state index in [1.54, 1.807) is 40.8 Å². The van der Waals surface area contributed by atoms with E-state index in [2.05, 4.69) is 26.4 Å². The highest BCUT2D eigenvalue weighted by molar-refractivity contribution is 7.17. The van der Waals surface area contributed by atoms with E-state index in [4.69, 9.17) is 0 Å². The molecule has 1 aliphatic heterocycles. The van der Waals surface area contributed by atoms with E-state index >= 15 is 0 Å². The second-order valence-electron chi connectivity index (χ2n) is 7.64. The van der Waals surface area contributed by atoms with Crippen LogP contribution in [-0.4, -0.2) is 62.2 Å². The molecule has 33 heavy (non-hydrogen) atoms. The van der Waals surface area contributed by atoms with E-state index < -0.39 is 0 Å². The predicted octanol–water partition coefficient (Wildman–Crippen LogP) is 3.77. The monoisotopic (exact) mass is 459 g/mol. The van der Waals surface area contributed by atoms with Crippen LogP contribution in [0.25, 0.3) is 27.8 Å². The zero-order valence-electron chi connectivity index (χ0n) is 17.7. The number of piperazine rings is 1. The molecule has 9 heteroatoms. The molecule has 3 aromatic heterocycles. The van der Waals surface area contributed by atoms with Gasteiger partial charge < -0.3 is 20.0 Å². The SMILES string of the molecule is C=Cc1cc(N2CCN(C(=O)c3csc4c(O)nc(-c5ccccn5)nc34)CC2)ccc1O. The van der Waals surface area contributed by atoms with Gasteiger partial charge in [0.25, 0.3) is 5.91 Å². The van der Waals surface area contributed by atoms with Crippen LogP contribution in [0.5, 0.6) is 11.6 Å². The Balaban J connectivity index is 1.38. The van der Waals surface area contributed by atoms with E-state index in [1.165, 1.54) is 11.3 Å². The number of nitrogens with zero attached hydrogens (tertiary/aromatic N) is 5. The van der Waals surface area contributed by atoms with E-state index in [-0.39, 0.29) is 23.4 Å². The van der Waals surface area contributed by atoms with Crippen LogP contribution < -0.4 is 4.90 Å². The van der Waals surface area contributed by atoms with Crippen LogP contribution in [0.15, 0.2) is 54.6 Å². The largest absolute Gasteiger partial charge is 0.507 e. The van der Waals surface area contributed by atoms with Gasteiger partial charge in [0.05, 0.1) is 5.56 Å². The number of phenolic OH excluding ortho intramolecular Hbond substituents is 1. The highest BCUT2D eigenvalue weighted by Gasteiger charge is 2.26. The third kappa shape index (κ3) is 3.87. The summed E-state index contributed by atoms with van der Waals surface area (Å²) >= 11 is 1.25. The van der Waals surface area contributed by atoms with Crippen molar-refractivity contribution in [3.63, 3.8) is 0 Å². The Morgan fingerprint density at radius 3 is 2.64 bits per heavy atom. The highest BCUT2D eigenvalue weighted by atomic mass is 32.1. The van der Waals surface area contributed by atoms with Gasteiger partial charge in [0, 0.05) is 49.0 Å². The molecule has 2 N–H and O–H groups in total. The first-order chi connectivity index (χ1) is 16.0. The van der Waals surface area contributed by atoms with Crippen molar-refractivity contribution < 1.29 is 15.0 Å². The Morgan fingerprint density at radius 2 is 1.91 bits per heavy atom. The lowest BCUT2D eigenvalue weighted by Crippen LogP contribution is -2.48. The number of benzene rings is 1. The maximum Gasteiger partial charge on any atom is 0.257 e. The van der Waals surface area contributed by atoms with Crippen molar-refractivity contribution in [1.29, 1.82) is 0 Å². The van der Waals surface area contributed by atoms with Crippen molar-refractivity contribution in [2.75, 3.05) is 31.1 Å². The Bertz CT molecular complexity index is 1350. The summed E-state index contributed by atoms with van der Waals surface area (Å²) in [6.07, 6.45) is 3.25. The number of carbonyl (C=O) groups is 1. The van der Waals surface area contributed by atoms with Gasteiger partial charge in [-0.3, -0.25) is 9.78 Å². The quantitative estimate of drug-likeness (QED) is 0.479. The van der Waals surface area contributed by atoms with Gasteiger partial charge in [-0.25, -0.2) is 4.98 Å². The van der Waals surface area contributed by atoms with Gasteiger partial charge in [-0.2, -0.15) is 4.98 Å². The normalized spacial score (nSPS) is 13.9. The molecule has 0 saturated carbocycles. The van der Waals surface area contributed by atoms with E-state index in [0.29, 0.717) is 53.2 Å². The molecule has 5 rings (SSSR count). The lowest BCUT2D eigenvalue weighted by molar-refractivity contribution is 0.0749. The summed E-state index contributed by atoms with van der Waals surface area (Å²) in [4.78, 5) is 30.3. The second-order valence-corrected chi connectivity index (χ2v) is 8.52. The van der Waals surface area contributed by atoms with E-state index in [9.17, 15) is 15.0 Å². The number of hydrogen-bond acceptors (Lipinski definition) is 8. The van der Waals surface area contributed by atoms with Crippen molar-refractivity contribution in [3.05, 3.63) is 65.7 Å². The third-order valence-electron chi connectivity index (χ3n) is 5.68. The number of pyridine rings is 1. The van der Waals surface area contributed by atoms with Crippen LogP contribution in [-0.2, 0) is 0 Å². The Hall–Kier alpha value is -3.98. The molecule has 0 bridgehead atoms. The van der Waals surface area contributed by atoms with Crippen molar-refractivity contribution >= 4 is 39.2 Å². The minimum Gasteiger partial charge on any atom is -0.507 e. The zero-order chi connectivity index (χ0) is 22.9. The number of thiophene rings is 1. The first-order valence-corrected chi connectivity index (χ1v) is 11.3. The predicted molar refractivity (Wildman–Crippen MR) is 129 cm³/mol. The molecule has 4 aromatic rings. The smallest absolute Gasteiger partial charge is 0.257 e. The molecule has 4 heterocycles. The van der Waals surface area contributed by atoms with Crippen molar-refractivity contribution in [3.8, 4) is 23.1 Å². The van der Waals surface area contributed by atoms with E-state index in [0.717, 1.165) is 5.69 Å². The molecular weight excluding hydrogens is 438 g/mol. The lowest BCUT2D eigenvalue weighted by Gasteiger charge is -2.36. The van der Waals surface area contributed by atoms with Gasteiger partial charge >= 0.3 is 0 Å². The molecule has 0 atom stereocenters. The van der Waals surface area contributed by atoms with Gasteiger partial charge in [-0.15, -0.1) is 11.3 Å². The number of phenols is 1. The van der Waals surface area contributed by atoms with Crippen LogP contribution in [0.4, 0.5) is 5.69 Å². The maximum atomic E-state index is 13.3. The summed E-state index contributed by atoms with van der Waals surface area (Å²) in [7, 11) is 0. The van der Waals surface area contributed by atoms with Gasteiger partial charge in [0.1, 0.15) is 21.7 Å². The highest BCUT2D eigenvalue weighted by Crippen LogP contribution is 2.33. The zero-order valence-corrected chi connectivity index (χ0v) is 18.5. The number of aromatic nitrogens is 3. The molecular formula is C24H21N5O3S. The molecule has 1 aromatic carbocycles. The molecule has 1 fully saturated rings. The van der Waals surface area contributed by atoms with Crippen LogP contribution in [0.2, 0.25) is 0 Å². The first kappa shape index (κ1) is 20.9. The van der Waals surface area contributed by atoms with Crippen LogP contribution in [0.1, 0.15) is 15.9 Å². The van der Waals surface area contributed by atoms with Crippen molar-refractivity contribution in [1.82, 2.24) is 19.9 Å². The van der Waals surface area contributed by atoms with Crippen LogP contribution in [0, 0.1) is 0 Å². The summed E-state index contributed by atoms with van der Waals surface area (Å²) in [6, 6.07) is 10.8. The minimum absolute atomic E-state index is 0.122. The molecule has 166 valence electrons. The van der Waals surface area contributed by atoms with E-state index in [1.807, 2.05) is 18.2 Å². The lowest BCUT2D eigenvalue weighted by atomic mass is 10.1.